The molecule has 1 aliphatic heterocycles. The highest BCUT2D eigenvalue weighted by atomic mass is 19.1. The van der Waals surface area contributed by atoms with E-state index in [9.17, 15) is 4.39 Å². The predicted octanol–water partition coefficient (Wildman–Crippen LogP) is 3.66. The molecule has 3 rings (SSSR count). The maximum absolute atomic E-state index is 12.9. The summed E-state index contributed by atoms with van der Waals surface area (Å²) in [5.41, 5.74) is 2.44. The number of rotatable bonds is 5. The quantitative estimate of drug-likeness (QED) is 0.831. The molecule has 0 radical (unpaired) electrons. The summed E-state index contributed by atoms with van der Waals surface area (Å²) in [5, 5.41) is 0. The maximum Gasteiger partial charge on any atom is 0.123 e. The Morgan fingerprint density at radius 1 is 0.826 bits per heavy atom. The van der Waals surface area contributed by atoms with Crippen LogP contribution in [-0.2, 0) is 6.54 Å². The van der Waals surface area contributed by atoms with E-state index in [1.165, 1.54) is 11.1 Å². The van der Waals surface area contributed by atoms with Gasteiger partial charge in [0, 0.05) is 39.3 Å². The van der Waals surface area contributed by atoms with Crippen molar-refractivity contribution < 1.29 is 4.39 Å². The third kappa shape index (κ3) is 5.02. The summed E-state index contributed by atoms with van der Waals surface area (Å²) in [6, 6.07) is 17.3. The van der Waals surface area contributed by atoms with Crippen molar-refractivity contribution in [1.82, 2.24) is 9.80 Å². The summed E-state index contributed by atoms with van der Waals surface area (Å²) < 4.78 is 12.9. The van der Waals surface area contributed by atoms with Gasteiger partial charge in [0.25, 0.3) is 0 Å². The van der Waals surface area contributed by atoms with Crippen LogP contribution in [0.2, 0.25) is 0 Å². The minimum Gasteiger partial charge on any atom is -0.297 e. The molecule has 23 heavy (non-hydrogen) atoms. The lowest BCUT2D eigenvalue weighted by molar-refractivity contribution is 0.137. The molecule has 2 nitrogen and oxygen atoms in total. The van der Waals surface area contributed by atoms with Gasteiger partial charge in [-0.15, -0.1) is 0 Å². The molecule has 0 spiro atoms. The fourth-order valence-electron chi connectivity index (χ4n) is 2.88. The Hall–Kier alpha value is -1.97. The van der Waals surface area contributed by atoms with Gasteiger partial charge in [-0.3, -0.25) is 9.80 Å². The lowest BCUT2D eigenvalue weighted by atomic mass is 10.2. The zero-order valence-electron chi connectivity index (χ0n) is 13.4. The summed E-state index contributed by atoms with van der Waals surface area (Å²) in [5.74, 6) is -0.163. The molecule has 1 heterocycles. The summed E-state index contributed by atoms with van der Waals surface area (Å²) in [6.45, 7) is 6.21. The van der Waals surface area contributed by atoms with Crippen LogP contribution in [0.25, 0.3) is 6.08 Å². The van der Waals surface area contributed by atoms with Gasteiger partial charge in [-0.2, -0.15) is 0 Å². The monoisotopic (exact) mass is 310 g/mol. The van der Waals surface area contributed by atoms with Crippen molar-refractivity contribution in [2.45, 2.75) is 6.54 Å². The van der Waals surface area contributed by atoms with Gasteiger partial charge in [0.2, 0.25) is 0 Å². The Kier molecular flexibility index (Phi) is 5.56. The average Bonchev–Trinajstić information content (AvgIpc) is 2.59. The molecule has 0 aromatic heterocycles. The predicted molar refractivity (Wildman–Crippen MR) is 93.6 cm³/mol. The third-order valence-corrected chi connectivity index (χ3v) is 4.26. The minimum atomic E-state index is -0.163. The normalized spacial score (nSPS) is 16.9. The molecule has 120 valence electrons. The molecule has 0 N–H and O–H groups in total. The van der Waals surface area contributed by atoms with Crippen LogP contribution in [0.3, 0.4) is 0 Å². The van der Waals surface area contributed by atoms with E-state index in [2.05, 4.69) is 46.2 Å². The highest BCUT2D eigenvalue weighted by molar-refractivity contribution is 5.48. The van der Waals surface area contributed by atoms with Crippen molar-refractivity contribution >= 4 is 6.08 Å². The molecule has 0 atom stereocenters. The van der Waals surface area contributed by atoms with Crippen molar-refractivity contribution in [3.05, 3.63) is 77.6 Å². The van der Waals surface area contributed by atoms with Crippen LogP contribution >= 0.6 is 0 Å². The van der Waals surface area contributed by atoms with E-state index in [1.807, 2.05) is 18.2 Å². The highest BCUT2D eigenvalue weighted by Crippen LogP contribution is 2.10. The number of hydrogen-bond donors (Lipinski definition) is 0. The van der Waals surface area contributed by atoms with Crippen LogP contribution < -0.4 is 0 Å². The van der Waals surface area contributed by atoms with Crippen molar-refractivity contribution in [2.24, 2.45) is 0 Å². The molecule has 1 saturated heterocycles. The minimum absolute atomic E-state index is 0.163. The Balaban J connectivity index is 1.41. The molecular weight excluding hydrogens is 287 g/mol. The first-order chi connectivity index (χ1) is 11.3. The standard InChI is InChI=1S/C20H23FN2/c21-20-10-8-19(9-11-20)17-23-15-13-22(14-16-23)12-4-7-18-5-2-1-3-6-18/h1-11H,12-17H2. The Morgan fingerprint density at radius 2 is 1.48 bits per heavy atom. The number of hydrogen-bond acceptors (Lipinski definition) is 2. The smallest absolute Gasteiger partial charge is 0.123 e. The first kappa shape index (κ1) is 15.9. The molecule has 2 aromatic rings. The lowest BCUT2D eigenvalue weighted by Gasteiger charge is -2.34. The van der Waals surface area contributed by atoms with Crippen LogP contribution in [-0.4, -0.2) is 42.5 Å². The van der Waals surface area contributed by atoms with Gasteiger partial charge >= 0.3 is 0 Å². The van der Waals surface area contributed by atoms with Crippen LogP contribution in [0.15, 0.2) is 60.7 Å². The first-order valence-electron chi connectivity index (χ1n) is 8.20. The molecule has 0 amide bonds. The Morgan fingerprint density at radius 3 is 2.17 bits per heavy atom. The van der Waals surface area contributed by atoms with E-state index in [4.69, 9.17) is 0 Å². The van der Waals surface area contributed by atoms with Crippen molar-refractivity contribution in [3.63, 3.8) is 0 Å². The summed E-state index contributed by atoms with van der Waals surface area (Å²) in [6.07, 6.45) is 4.43. The van der Waals surface area contributed by atoms with Gasteiger partial charge in [0.05, 0.1) is 0 Å². The van der Waals surface area contributed by atoms with E-state index in [0.717, 1.165) is 39.3 Å². The number of nitrogens with zero attached hydrogens (tertiary/aromatic N) is 2. The summed E-state index contributed by atoms with van der Waals surface area (Å²) >= 11 is 0. The van der Waals surface area contributed by atoms with Crippen molar-refractivity contribution in [1.29, 1.82) is 0 Å². The topological polar surface area (TPSA) is 6.48 Å². The second-order valence-electron chi connectivity index (χ2n) is 6.02. The summed E-state index contributed by atoms with van der Waals surface area (Å²) in [4.78, 5) is 4.91. The highest BCUT2D eigenvalue weighted by Gasteiger charge is 2.15. The molecule has 1 fully saturated rings. The lowest BCUT2D eigenvalue weighted by Crippen LogP contribution is -2.45. The molecule has 2 aromatic carbocycles. The first-order valence-corrected chi connectivity index (χ1v) is 8.20. The SMILES string of the molecule is Fc1ccc(CN2CCN(CC=Cc3ccccc3)CC2)cc1. The van der Waals surface area contributed by atoms with E-state index < -0.39 is 0 Å². The largest absolute Gasteiger partial charge is 0.297 e. The molecule has 0 aliphatic carbocycles. The van der Waals surface area contributed by atoms with Crippen molar-refractivity contribution in [3.8, 4) is 0 Å². The second-order valence-corrected chi connectivity index (χ2v) is 6.02. The van der Waals surface area contributed by atoms with Crippen LogP contribution in [0, 0.1) is 5.82 Å². The van der Waals surface area contributed by atoms with E-state index >= 15 is 0 Å². The molecule has 0 saturated carbocycles. The molecule has 1 aliphatic rings. The fourth-order valence-corrected chi connectivity index (χ4v) is 2.88. The van der Waals surface area contributed by atoms with Crippen LogP contribution in [0.1, 0.15) is 11.1 Å². The van der Waals surface area contributed by atoms with E-state index in [0.29, 0.717) is 0 Å². The van der Waals surface area contributed by atoms with Crippen LogP contribution in [0.5, 0.6) is 0 Å². The van der Waals surface area contributed by atoms with Gasteiger partial charge in [-0.05, 0) is 23.3 Å². The number of halogens is 1. The van der Waals surface area contributed by atoms with Gasteiger partial charge < -0.3 is 0 Å². The zero-order valence-corrected chi connectivity index (χ0v) is 13.4. The molecule has 3 heteroatoms. The fraction of sp³-hybridized carbons (Fsp3) is 0.300. The maximum atomic E-state index is 12.9. The van der Waals surface area contributed by atoms with Crippen molar-refractivity contribution in [2.75, 3.05) is 32.7 Å². The Labute approximate surface area is 137 Å². The zero-order chi connectivity index (χ0) is 15.9. The summed E-state index contributed by atoms with van der Waals surface area (Å²) in [7, 11) is 0. The Bertz CT molecular complexity index is 614. The van der Waals surface area contributed by atoms with Gasteiger partial charge in [0.15, 0.2) is 0 Å². The average molecular weight is 310 g/mol. The van der Waals surface area contributed by atoms with Crippen LogP contribution in [0.4, 0.5) is 4.39 Å². The second kappa shape index (κ2) is 8.04. The van der Waals surface area contributed by atoms with E-state index in [1.54, 1.807) is 12.1 Å². The van der Waals surface area contributed by atoms with Gasteiger partial charge in [-0.25, -0.2) is 4.39 Å². The number of benzene rings is 2. The van der Waals surface area contributed by atoms with E-state index in [-0.39, 0.29) is 5.82 Å². The third-order valence-electron chi connectivity index (χ3n) is 4.26. The molecule has 0 bridgehead atoms. The van der Waals surface area contributed by atoms with Gasteiger partial charge in [-0.1, -0.05) is 54.6 Å². The number of piperazine rings is 1. The van der Waals surface area contributed by atoms with Gasteiger partial charge in [0.1, 0.15) is 5.82 Å². The molecular formula is C20H23FN2. The molecule has 0 unspecified atom stereocenters.